The summed E-state index contributed by atoms with van der Waals surface area (Å²) in [5.74, 6) is 0.145. The lowest BCUT2D eigenvalue weighted by molar-refractivity contribution is 0.194. The van der Waals surface area contributed by atoms with E-state index in [1.807, 2.05) is 4.68 Å². The van der Waals surface area contributed by atoms with Crippen LogP contribution in [-0.2, 0) is 25.9 Å². The van der Waals surface area contributed by atoms with Crippen LogP contribution >= 0.6 is 0 Å². The van der Waals surface area contributed by atoms with Crippen molar-refractivity contribution in [2.45, 2.75) is 32.4 Å². The summed E-state index contributed by atoms with van der Waals surface area (Å²) in [4.78, 5) is 17.6. The Kier molecular flexibility index (Phi) is 4.05. The predicted octanol–water partition coefficient (Wildman–Crippen LogP) is 3.76. The van der Waals surface area contributed by atoms with Gasteiger partial charge in [-0.25, -0.2) is 14.0 Å². The summed E-state index contributed by atoms with van der Waals surface area (Å²) in [6, 6.07) is 3.66. The molecule has 0 radical (unpaired) electrons. The Morgan fingerprint density at radius 1 is 1.31 bits per heavy atom. The molecule has 9 heteroatoms. The molecular formula is C20H17FN6O2. The summed E-state index contributed by atoms with van der Waals surface area (Å²) < 4.78 is 21.0. The van der Waals surface area contributed by atoms with E-state index in [9.17, 15) is 9.18 Å². The van der Waals surface area contributed by atoms with Gasteiger partial charge in [0.25, 0.3) is 0 Å². The number of carbonyl (C=O) groups excluding carboxylic acids is 1. The Bertz CT molecular complexity index is 1160. The molecule has 1 aliphatic carbocycles. The molecule has 5 rings (SSSR count). The lowest BCUT2D eigenvalue weighted by Gasteiger charge is -2.28. The first-order valence-electron chi connectivity index (χ1n) is 9.39. The van der Waals surface area contributed by atoms with Crippen molar-refractivity contribution in [3.8, 4) is 11.3 Å². The Hall–Kier alpha value is -3.67. The molecule has 0 saturated carbocycles. The minimum absolute atomic E-state index is 0.123. The van der Waals surface area contributed by atoms with Gasteiger partial charge in [-0.2, -0.15) is 5.10 Å². The van der Waals surface area contributed by atoms with Crippen molar-refractivity contribution in [2.24, 2.45) is 0 Å². The van der Waals surface area contributed by atoms with Gasteiger partial charge in [-0.1, -0.05) is 5.16 Å². The average molecular weight is 392 g/mol. The second-order valence-electron chi connectivity index (χ2n) is 7.15. The number of nitrogens with one attached hydrogen (secondary N) is 1. The summed E-state index contributed by atoms with van der Waals surface area (Å²) in [6.45, 7) is 8.47. The fraction of sp³-hybridized carbons (Fsp3) is 0.300. The lowest BCUT2D eigenvalue weighted by atomic mass is 10.1. The van der Waals surface area contributed by atoms with Crippen molar-refractivity contribution in [3.05, 3.63) is 58.6 Å². The van der Waals surface area contributed by atoms with Crippen molar-refractivity contribution in [2.75, 3.05) is 11.9 Å². The fourth-order valence-electron chi connectivity index (χ4n) is 3.95. The molecule has 146 valence electrons. The highest BCUT2D eigenvalue weighted by molar-refractivity contribution is 5.90. The van der Waals surface area contributed by atoms with Gasteiger partial charge in [0.15, 0.2) is 5.76 Å². The number of hydrogen-bond donors (Lipinski definition) is 1. The van der Waals surface area contributed by atoms with Crippen LogP contribution in [0.2, 0.25) is 0 Å². The SMILES string of the molecule is [C-]#[N+]c1cc(NC(=O)N2CCn3nc4c(c3C2)-c2oncc2CCC4)ccc1F. The van der Waals surface area contributed by atoms with Crippen LogP contribution in [0.15, 0.2) is 28.9 Å². The average Bonchev–Trinajstić information content (AvgIpc) is 3.28. The number of amides is 2. The third-order valence-corrected chi connectivity index (χ3v) is 5.39. The van der Waals surface area contributed by atoms with Crippen LogP contribution in [0.1, 0.15) is 23.4 Å². The minimum atomic E-state index is -0.606. The number of rotatable bonds is 1. The zero-order valence-electron chi connectivity index (χ0n) is 15.5. The first-order valence-corrected chi connectivity index (χ1v) is 9.39. The van der Waals surface area contributed by atoms with Gasteiger partial charge in [0, 0.05) is 17.8 Å². The number of carbonyl (C=O) groups is 1. The lowest BCUT2D eigenvalue weighted by Crippen LogP contribution is -2.41. The highest BCUT2D eigenvalue weighted by Gasteiger charge is 2.31. The molecule has 0 bridgehead atoms. The van der Waals surface area contributed by atoms with Gasteiger partial charge in [0.2, 0.25) is 5.69 Å². The molecule has 1 N–H and O–H groups in total. The van der Waals surface area contributed by atoms with Crippen molar-refractivity contribution in [1.29, 1.82) is 0 Å². The summed E-state index contributed by atoms with van der Waals surface area (Å²) in [7, 11) is 0. The quantitative estimate of drug-likeness (QED) is 0.640. The minimum Gasteiger partial charge on any atom is -0.356 e. The molecule has 2 aromatic heterocycles. The first kappa shape index (κ1) is 17.4. The molecule has 0 saturated heterocycles. The van der Waals surface area contributed by atoms with E-state index in [0.717, 1.165) is 47.5 Å². The van der Waals surface area contributed by atoms with E-state index in [1.54, 1.807) is 11.1 Å². The maximum absolute atomic E-state index is 13.5. The molecule has 1 aliphatic heterocycles. The third-order valence-electron chi connectivity index (χ3n) is 5.39. The Morgan fingerprint density at radius 2 is 2.21 bits per heavy atom. The number of aromatic nitrogens is 3. The summed E-state index contributed by atoms with van der Waals surface area (Å²) in [5.41, 5.74) is 4.20. The summed E-state index contributed by atoms with van der Waals surface area (Å²) >= 11 is 0. The van der Waals surface area contributed by atoms with Crippen LogP contribution in [0.4, 0.5) is 20.6 Å². The summed E-state index contributed by atoms with van der Waals surface area (Å²) in [6.07, 6.45) is 4.49. The molecule has 1 aromatic carbocycles. The molecule has 0 spiro atoms. The van der Waals surface area contributed by atoms with E-state index < -0.39 is 5.82 Å². The molecule has 2 amide bonds. The molecule has 0 unspecified atom stereocenters. The number of urea groups is 1. The maximum atomic E-state index is 13.5. The first-order chi connectivity index (χ1) is 14.1. The second kappa shape index (κ2) is 6.74. The number of hydrogen-bond acceptors (Lipinski definition) is 4. The molecular weight excluding hydrogens is 375 g/mol. The van der Waals surface area contributed by atoms with Gasteiger partial charge in [-0.05, 0) is 37.5 Å². The normalized spacial score (nSPS) is 15.0. The van der Waals surface area contributed by atoms with Crippen molar-refractivity contribution < 1.29 is 13.7 Å². The maximum Gasteiger partial charge on any atom is 0.322 e. The Balaban J connectivity index is 1.42. The summed E-state index contributed by atoms with van der Waals surface area (Å²) in [5, 5.41) is 11.4. The molecule has 0 atom stereocenters. The van der Waals surface area contributed by atoms with E-state index in [1.165, 1.54) is 18.2 Å². The van der Waals surface area contributed by atoms with E-state index in [-0.39, 0.29) is 11.7 Å². The number of anilines is 1. The zero-order chi connectivity index (χ0) is 20.0. The van der Waals surface area contributed by atoms with Crippen LogP contribution in [0, 0.1) is 12.4 Å². The van der Waals surface area contributed by atoms with Gasteiger partial charge in [0.1, 0.15) is 5.82 Å². The van der Waals surface area contributed by atoms with Gasteiger partial charge in [-0.15, -0.1) is 0 Å². The Morgan fingerprint density at radius 3 is 3.07 bits per heavy atom. The van der Waals surface area contributed by atoms with Gasteiger partial charge >= 0.3 is 6.03 Å². The topological polar surface area (TPSA) is 80.5 Å². The van der Waals surface area contributed by atoms with Crippen molar-refractivity contribution >= 4 is 17.4 Å². The predicted molar refractivity (Wildman–Crippen MR) is 102 cm³/mol. The van der Waals surface area contributed by atoms with Gasteiger partial charge < -0.3 is 14.7 Å². The van der Waals surface area contributed by atoms with Gasteiger partial charge in [-0.3, -0.25) is 4.68 Å². The molecule has 29 heavy (non-hydrogen) atoms. The fourth-order valence-corrected chi connectivity index (χ4v) is 3.95. The van der Waals surface area contributed by atoms with Crippen LogP contribution in [0.5, 0.6) is 0 Å². The van der Waals surface area contributed by atoms with Crippen LogP contribution < -0.4 is 5.32 Å². The monoisotopic (exact) mass is 392 g/mol. The van der Waals surface area contributed by atoms with Crippen LogP contribution in [0.3, 0.4) is 0 Å². The van der Waals surface area contributed by atoms with E-state index in [2.05, 4.69) is 15.3 Å². The standard InChI is InChI=1S/C20H17FN6O2/c1-22-16-9-13(5-6-14(16)21)24-20(28)26-7-8-27-17(11-26)18-15(25-27)4-2-3-12-10-23-29-19(12)18/h5-6,9-10H,2-4,7-8,11H2,(H,24,28). The second-order valence-corrected chi connectivity index (χ2v) is 7.15. The van der Waals surface area contributed by atoms with Crippen LogP contribution in [-0.4, -0.2) is 32.4 Å². The third kappa shape index (κ3) is 2.93. The highest BCUT2D eigenvalue weighted by Crippen LogP contribution is 2.36. The number of fused-ring (bicyclic) bond motifs is 5. The molecule has 3 heterocycles. The number of benzene rings is 1. The molecule has 8 nitrogen and oxygen atoms in total. The molecule has 3 aromatic rings. The highest BCUT2D eigenvalue weighted by atomic mass is 19.1. The molecule has 2 aliphatic rings. The van der Waals surface area contributed by atoms with Crippen molar-refractivity contribution in [3.63, 3.8) is 0 Å². The zero-order valence-corrected chi connectivity index (χ0v) is 15.5. The molecule has 0 fully saturated rings. The van der Waals surface area contributed by atoms with Crippen LogP contribution in [0.25, 0.3) is 16.2 Å². The van der Waals surface area contributed by atoms with E-state index in [0.29, 0.717) is 25.3 Å². The number of nitrogens with zero attached hydrogens (tertiary/aromatic N) is 5. The number of aryl methyl sites for hydroxylation is 2. The van der Waals surface area contributed by atoms with Crippen molar-refractivity contribution in [1.82, 2.24) is 19.8 Å². The van der Waals surface area contributed by atoms with E-state index in [4.69, 9.17) is 16.2 Å². The van der Waals surface area contributed by atoms with Gasteiger partial charge in [0.05, 0.1) is 42.8 Å². The Labute approximate surface area is 165 Å². The number of halogens is 1. The van der Waals surface area contributed by atoms with E-state index >= 15 is 0 Å². The smallest absolute Gasteiger partial charge is 0.322 e. The largest absolute Gasteiger partial charge is 0.356 e.